The zero-order chi connectivity index (χ0) is 14.9. The number of rotatable bonds is 2. The third kappa shape index (κ3) is 2.14. The van der Waals surface area contributed by atoms with Crippen LogP contribution in [0.2, 0.25) is 0 Å². The minimum atomic E-state index is 0.825. The maximum Gasteiger partial charge on any atom is 0.203 e. The van der Waals surface area contributed by atoms with Gasteiger partial charge >= 0.3 is 0 Å². The van der Waals surface area contributed by atoms with E-state index in [1.54, 1.807) is 0 Å². The van der Waals surface area contributed by atoms with Crippen LogP contribution in [-0.2, 0) is 0 Å². The van der Waals surface area contributed by atoms with Crippen LogP contribution in [0.25, 0.3) is 5.65 Å². The largest absolute Gasteiger partial charge is 0.353 e. The van der Waals surface area contributed by atoms with Crippen LogP contribution < -0.4 is 9.80 Å². The first-order chi connectivity index (χ1) is 10.8. The van der Waals surface area contributed by atoms with E-state index in [1.807, 2.05) is 42.0 Å². The molecule has 112 valence electrons. The molecule has 22 heavy (non-hydrogen) atoms. The SMILES string of the molecule is Cc1nnc2c(N3CCN(c4ccccn4)CC3)nccn12. The third-order valence-corrected chi connectivity index (χ3v) is 4.03. The van der Waals surface area contributed by atoms with Crippen LogP contribution in [0, 0.1) is 6.92 Å². The van der Waals surface area contributed by atoms with Crippen LogP contribution in [0.4, 0.5) is 11.6 Å². The molecule has 3 aromatic heterocycles. The molecule has 4 rings (SSSR count). The Balaban J connectivity index is 1.56. The Morgan fingerprint density at radius 2 is 1.73 bits per heavy atom. The summed E-state index contributed by atoms with van der Waals surface area (Å²) in [4.78, 5) is 13.5. The lowest BCUT2D eigenvalue weighted by Crippen LogP contribution is -2.47. The maximum absolute atomic E-state index is 4.51. The molecule has 7 nitrogen and oxygen atoms in total. The average Bonchev–Trinajstić information content (AvgIpc) is 2.97. The molecule has 7 heteroatoms. The molecule has 0 atom stereocenters. The fraction of sp³-hybridized carbons (Fsp3) is 0.333. The first kappa shape index (κ1) is 13.0. The van der Waals surface area contributed by atoms with Gasteiger partial charge in [-0.05, 0) is 19.1 Å². The van der Waals surface area contributed by atoms with Gasteiger partial charge in [0, 0.05) is 44.8 Å². The van der Waals surface area contributed by atoms with Crippen LogP contribution in [0.3, 0.4) is 0 Å². The topological polar surface area (TPSA) is 62.5 Å². The highest BCUT2D eigenvalue weighted by Gasteiger charge is 2.21. The van der Waals surface area contributed by atoms with Crippen LogP contribution >= 0.6 is 0 Å². The van der Waals surface area contributed by atoms with Gasteiger partial charge in [-0.3, -0.25) is 4.40 Å². The number of hydrogen-bond acceptors (Lipinski definition) is 6. The zero-order valence-electron chi connectivity index (χ0n) is 12.4. The normalized spacial score (nSPS) is 15.5. The Kier molecular flexibility index (Phi) is 3.10. The van der Waals surface area contributed by atoms with E-state index in [4.69, 9.17) is 0 Å². The van der Waals surface area contributed by atoms with Crippen molar-refractivity contribution in [3.05, 3.63) is 42.6 Å². The second-order valence-electron chi connectivity index (χ2n) is 5.35. The summed E-state index contributed by atoms with van der Waals surface area (Å²) in [6.07, 6.45) is 5.55. The van der Waals surface area contributed by atoms with E-state index in [0.29, 0.717) is 0 Å². The highest BCUT2D eigenvalue weighted by molar-refractivity contribution is 5.64. The Morgan fingerprint density at radius 1 is 0.909 bits per heavy atom. The molecule has 0 N–H and O–H groups in total. The van der Waals surface area contributed by atoms with Crippen molar-refractivity contribution >= 4 is 17.3 Å². The molecule has 0 amide bonds. The molecule has 0 unspecified atom stereocenters. The summed E-state index contributed by atoms with van der Waals surface area (Å²) in [7, 11) is 0. The molecule has 0 saturated carbocycles. The van der Waals surface area contributed by atoms with Gasteiger partial charge in [0.15, 0.2) is 5.82 Å². The number of anilines is 2. The zero-order valence-corrected chi connectivity index (χ0v) is 12.4. The molecular formula is C15H17N7. The van der Waals surface area contributed by atoms with Gasteiger partial charge in [-0.1, -0.05) is 6.07 Å². The summed E-state index contributed by atoms with van der Waals surface area (Å²) in [5.41, 5.74) is 0.825. The summed E-state index contributed by atoms with van der Waals surface area (Å²) in [5, 5.41) is 8.39. The number of piperazine rings is 1. The third-order valence-electron chi connectivity index (χ3n) is 4.03. The fourth-order valence-electron chi connectivity index (χ4n) is 2.84. The quantitative estimate of drug-likeness (QED) is 0.707. The summed E-state index contributed by atoms with van der Waals surface area (Å²) in [5.74, 6) is 2.82. The van der Waals surface area contributed by atoms with Crippen LogP contribution in [0.15, 0.2) is 36.8 Å². The summed E-state index contributed by atoms with van der Waals surface area (Å²) < 4.78 is 1.98. The van der Waals surface area contributed by atoms with Crippen molar-refractivity contribution in [1.29, 1.82) is 0 Å². The Labute approximate surface area is 128 Å². The number of aromatic nitrogens is 5. The predicted octanol–water partition coefficient (Wildman–Crippen LogP) is 1.15. The fourth-order valence-corrected chi connectivity index (χ4v) is 2.84. The van der Waals surface area contributed by atoms with Crippen molar-refractivity contribution in [2.24, 2.45) is 0 Å². The molecule has 0 radical (unpaired) electrons. The Bertz CT molecular complexity index is 775. The van der Waals surface area contributed by atoms with Gasteiger partial charge in [0.1, 0.15) is 11.6 Å². The second-order valence-corrected chi connectivity index (χ2v) is 5.35. The summed E-state index contributed by atoms with van der Waals surface area (Å²) in [6, 6.07) is 6.02. The lowest BCUT2D eigenvalue weighted by Gasteiger charge is -2.35. The number of aryl methyl sites for hydroxylation is 1. The Morgan fingerprint density at radius 3 is 2.50 bits per heavy atom. The van der Waals surface area contributed by atoms with Crippen molar-refractivity contribution in [3.63, 3.8) is 0 Å². The van der Waals surface area contributed by atoms with Gasteiger partial charge in [0.05, 0.1) is 0 Å². The highest BCUT2D eigenvalue weighted by atomic mass is 15.3. The van der Waals surface area contributed by atoms with Gasteiger partial charge in [0.2, 0.25) is 5.65 Å². The molecule has 1 aliphatic heterocycles. The van der Waals surface area contributed by atoms with Crippen molar-refractivity contribution in [2.75, 3.05) is 36.0 Å². The molecule has 0 spiro atoms. The lowest BCUT2D eigenvalue weighted by atomic mass is 10.3. The van der Waals surface area contributed by atoms with Crippen LogP contribution in [-0.4, -0.2) is 50.7 Å². The van der Waals surface area contributed by atoms with Crippen molar-refractivity contribution in [1.82, 2.24) is 24.6 Å². The van der Waals surface area contributed by atoms with E-state index in [2.05, 4.69) is 36.0 Å². The van der Waals surface area contributed by atoms with E-state index in [0.717, 1.165) is 49.3 Å². The summed E-state index contributed by atoms with van der Waals surface area (Å²) in [6.45, 7) is 5.59. The van der Waals surface area contributed by atoms with Gasteiger partial charge < -0.3 is 9.80 Å². The molecule has 4 heterocycles. The molecule has 3 aromatic rings. The van der Waals surface area contributed by atoms with Crippen molar-refractivity contribution in [3.8, 4) is 0 Å². The number of nitrogens with zero attached hydrogens (tertiary/aromatic N) is 7. The number of hydrogen-bond donors (Lipinski definition) is 0. The molecule has 0 aliphatic carbocycles. The predicted molar refractivity (Wildman–Crippen MR) is 84.2 cm³/mol. The maximum atomic E-state index is 4.51. The molecule has 1 fully saturated rings. The average molecular weight is 295 g/mol. The second kappa shape index (κ2) is 5.25. The molecule has 1 aliphatic rings. The van der Waals surface area contributed by atoms with E-state index in [1.165, 1.54) is 0 Å². The van der Waals surface area contributed by atoms with Crippen LogP contribution in [0.5, 0.6) is 0 Å². The molecule has 0 bridgehead atoms. The molecule has 0 aromatic carbocycles. The van der Waals surface area contributed by atoms with Gasteiger partial charge in [0.25, 0.3) is 0 Å². The van der Waals surface area contributed by atoms with Crippen molar-refractivity contribution in [2.45, 2.75) is 6.92 Å². The van der Waals surface area contributed by atoms with E-state index >= 15 is 0 Å². The Hall–Kier alpha value is -2.70. The smallest absolute Gasteiger partial charge is 0.203 e. The minimum Gasteiger partial charge on any atom is -0.353 e. The summed E-state index contributed by atoms with van der Waals surface area (Å²) >= 11 is 0. The van der Waals surface area contributed by atoms with E-state index in [9.17, 15) is 0 Å². The number of pyridine rings is 1. The highest BCUT2D eigenvalue weighted by Crippen LogP contribution is 2.20. The first-order valence-corrected chi connectivity index (χ1v) is 7.40. The number of fused-ring (bicyclic) bond motifs is 1. The van der Waals surface area contributed by atoms with Gasteiger partial charge in [-0.25, -0.2) is 9.97 Å². The van der Waals surface area contributed by atoms with E-state index < -0.39 is 0 Å². The van der Waals surface area contributed by atoms with E-state index in [-0.39, 0.29) is 0 Å². The molecule has 1 saturated heterocycles. The van der Waals surface area contributed by atoms with Crippen molar-refractivity contribution < 1.29 is 0 Å². The van der Waals surface area contributed by atoms with Gasteiger partial charge in [-0.15, -0.1) is 10.2 Å². The minimum absolute atomic E-state index is 0.825. The molecular weight excluding hydrogens is 278 g/mol. The standard InChI is InChI=1S/C15H17N7/c1-12-18-19-15-14(17-6-7-22(12)15)21-10-8-20(9-11-21)13-4-2-3-5-16-13/h2-7H,8-11H2,1H3. The first-order valence-electron chi connectivity index (χ1n) is 7.40. The van der Waals surface area contributed by atoms with Crippen LogP contribution in [0.1, 0.15) is 5.82 Å². The monoisotopic (exact) mass is 295 g/mol. The van der Waals surface area contributed by atoms with Gasteiger partial charge in [-0.2, -0.15) is 0 Å². The lowest BCUT2D eigenvalue weighted by molar-refractivity contribution is 0.642.